The van der Waals surface area contributed by atoms with Crippen LogP contribution in [0.25, 0.3) is 0 Å². The minimum atomic E-state index is 0.464. The molecule has 3 nitrogen and oxygen atoms in total. The zero-order valence-electron chi connectivity index (χ0n) is 7.87. The zero-order valence-corrected chi connectivity index (χ0v) is 8.63. The molecule has 1 unspecified atom stereocenters. The molecule has 0 saturated carbocycles. The second-order valence-electron chi connectivity index (χ2n) is 3.39. The lowest BCUT2D eigenvalue weighted by atomic mass is 10.2. The Morgan fingerprint density at radius 1 is 1.64 bits per heavy atom. The summed E-state index contributed by atoms with van der Waals surface area (Å²) in [6.07, 6.45) is 2.78. The highest BCUT2D eigenvalue weighted by Gasteiger charge is 2.14. The van der Waals surface area contributed by atoms with E-state index in [9.17, 15) is 0 Å². The van der Waals surface area contributed by atoms with Crippen LogP contribution in [0, 0.1) is 0 Å². The van der Waals surface area contributed by atoms with Crippen LogP contribution in [0.1, 0.15) is 12.0 Å². The molecule has 1 saturated heterocycles. The van der Waals surface area contributed by atoms with Crippen LogP contribution in [0.15, 0.2) is 18.3 Å². The van der Waals surface area contributed by atoms with Gasteiger partial charge in [-0.15, -0.1) is 0 Å². The summed E-state index contributed by atoms with van der Waals surface area (Å²) in [5, 5.41) is 3.97. The standard InChI is InChI=1S/C10H13ClN2O/c11-10-8(2-1-4-12-10)6-13-9-3-5-14-7-9/h1-2,4,9,13H,3,5-7H2. The molecule has 2 rings (SSSR count). The molecule has 1 atom stereocenters. The zero-order chi connectivity index (χ0) is 9.80. The smallest absolute Gasteiger partial charge is 0.133 e. The summed E-state index contributed by atoms with van der Waals surface area (Å²) in [6.45, 7) is 2.43. The summed E-state index contributed by atoms with van der Waals surface area (Å²) >= 11 is 5.93. The van der Waals surface area contributed by atoms with Crippen LogP contribution in [0.3, 0.4) is 0 Å². The Bertz CT molecular complexity index is 300. The summed E-state index contributed by atoms with van der Waals surface area (Å²) < 4.78 is 5.26. The largest absolute Gasteiger partial charge is 0.380 e. The summed E-state index contributed by atoms with van der Waals surface area (Å²) in [7, 11) is 0. The molecule has 0 aromatic carbocycles. The highest BCUT2D eigenvalue weighted by atomic mass is 35.5. The van der Waals surface area contributed by atoms with Crippen molar-refractivity contribution in [2.45, 2.75) is 19.0 Å². The second kappa shape index (κ2) is 4.73. The van der Waals surface area contributed by atoms with E-state index in [1.54, 1.807) is 6.20 Å². The van der Waals surface area contributed by atoms with Crippen LogP contribution < -0.4 is 5.32 Å². The van der Waals surface area contributed by atoms with Crippen molar-refractivity contribution in [3.05, 3.63) is 29.0 Å². The van der Waals surface area contributed by atoms with Gasteiger partial charge in [-0.05, 0) is 12.5 Å². The summed E-state index contributed by atoms with van der Waals surface area (Å²) in [4.78, 5) is 4.02. The number of hydrogen-bond donors (Lipinski definition) is 1. The second-order valence-corrected chi connectivity index (χ2v) is 3.75. The first-order valence-corrected chi connectivity index (χ1v) is 5.14. The van der Waals surface area contributed by atoms with Crippen LogP contribution >= 0.6 is 11.6 Å². The van der Waals surface area contributed by atoms with Crippen molar-refractivity contribution in [3.8, 4) is 0 Å². The van der Waals surface area contributed by atoms with E-state index in [1.165, 1.54) is 0 Å². The van der Waals surface area contributed by atoms with E-state index in [0.29, 0.717) is 11.2 Å². The summed E-state index contributed by atoms with van der Waals surface area (Å²) in [6, 6.07) is 4.35. The molecular weight excluding hydrogens is 200 g/mol. The van der Waals surface area contributed by atoms with E-state index < -0.39 is 0 Å². The van der Waals surface area contributed by atoms with Gasteiger partial charge in [0, 0.05) is 31.0 Å². The van der Waals surface area contributed by atoms with Gasteiger partial charge < -0.3 is 10.1 Å². The van der Waals surface area contributed by atoms with Crippen LogP contribution in [0.2, 0.25) is 5.15 Å². The molecule has 4 heteroatoms. The van der Waals surface area contributed by atoms with Crippen LogP contribution in [0.5, 0.6) is 0 Å². The Balaban J connectivity index is 1.88. The minimum Gasteiger partial charge on any atom is -0.380 e. The highest BCUT2D eigenvalue weighted by Crippen LogP contribution is 2.12. The highest BCUT2D eigenvalue weighted by molar-refractivity contribution is 6.30. The normalized spacial score (nSPS) is 21.4. The first-order chi connectivity index (χ1) is 6.86. The van der Waals surface area contributed by atoms with Gasteiger partial charge in [-0.1, -0.05) is 17.7 Å². The maximum atomic E-state index is 5.93. The lowest BCUT2D eigenvalue weighted by Gasteiger charge is -2.10. The predicted octanol–water partition coefficient (Wildman–Crippen LogP) is 1.61. The van der Waals surface area contributed by atoms with Gasteiger partial charge in [0.15, 0.2) is 0 Å². The molecule has 1 aliphatic heterocycles. The van der Waals surface area contributed by atoms with Gasteiger partial charge in [0.1, 0.15) is 5.15 Å². The van der Waals surface area contributed by atoms with Crippen LogP contribution in [-0.2, 0) is 11.3 Å². The maximum absolute atomic E-state index is 5.93. The van der Waals surface area contributed by atoms with Crippen LogP contribution in [0.4, 0.5) is 0 Å². The van der Waals surface area contributed by atoms with E-state index in [4.69, 9.17) is 16.3 Å². The molecule has 0 radical (unpaired) electrons. The van der Waals surface area contributed by atoms with Crippen molar-refractivity contribution >= 4 is 11.6 Å². The maximum Gasteiger partial charge on any atom is 0.133 e. The minimum absolute atomic E-state index is 0.464. The van der Waals surface area contributed by atoms with Gasteiger partial charge >= 0.3 is 0 Å². The fourth-order valence-corrected chi connectivity index (χ4v) is 1.69. The molecule has 1 aliphatic rings. The first-order valence-electron chi connectivity index (χ1n) is 4.77. The molecule has 76 valence electrons. The van der Waals surface area contributed by atoms with E-state index in [1.807, 2.05) is 12.1 Å². The number of rotatable bonds is 3. The van der Waals surface area contributed by atoms with E-state index >= 15 is 0 Å². The van der Waals surface area contributed by atoms with Gasteiger partial charge in [0.05, 0.1) is 6.61 Å². The number of nitrogens with one attached hydrogen (secondary N) is 1. The monoisotopic (exact) mass is 212 g/mol. The fraction of sp³-hybridized carbons (Fsp3) is 0.500. The number of nitrogens with zero attached hydrogens (tertiary/aromatic N) is 1. The summed E-state index contributed by atoms with van der Waals surface area (Å²) in [5.41, 5.74) is 1.04. The molecule has 0 spiro atoms. The molecule has 1 fully saturated rings. The van der Waals surface area contributed by atoms with E-state index in [2.05, 4.69) is 10.3 Å². The lowest BCUT2D eigenvalue weighted by molar-refractivity contribution is 0.190. The molecule has 1 aromatic rings. The van der Waals surface area contributed by atoms with Gasteiger partial charge in [0.25, 0.3) is 0 Å². The quantitative estimate of drug-likeness (QED) is 0.774. The van der Waals surface area contributed by atoms with E-state index in [-0.39, 0.29) is 0 Å². The molecule has 0 bridgehead atoms. The third-order valence-electron chi connectivity index (χ3n) is 2.35. The average molecular weight is 213 g/mol. The Hall–Kier alpha value is -0.640. The van der Waals surface area contributed by atoms with Gasteiger partial charge in [-0.3, -0.25) is 0 Å². The Morgan fingerprint density at radius 3 is 3.29 bits per heavy atom. The van der Waals surface area contributed by atoms with Gasteiger partial charge in [-0.25, -0.2) is 4.98 Å². The van der Waals surface area contributed by atoms with Crippen molar-refractivity contribution in [3.63, 3.8) is 0 Å². The van der Waals surface area contributed by atoms with Crippen molar-refractivity contribution in [2.24, 2.45) is 0 Å². The van der Waals surface area contributed by atoms with Crippen molar-refractivity contribution in [2.75, 3.05) is 13.2 Å². The molecule has 0 aliphatic carbocycles. The van der Waals surface area contributed by atoms with Gasteiger partial charge in [-0.2, -0.15) is 0 Å². The third kappa shape index (κ3) is 2.44. The molecule has 1 N–H and O–H groups in total. The Kier molecular flexibility index (Phi) is 3.35. The van der Waals surface area contributed by atoms with Crippen LogP contribution in [-0.4, -0.2) is 24.2 Å². The Labute approximate surface area is 88.4 Å². The molecule has 14 heavy (non-hydrogen) atoms. The average Bonchev–Trinajstić information content (AvgIpc) is 2.69. The van der Waals surface area contributed by atoms with Crippen molar-refractivity contribution in [1.82, 2.24) is 10.3 Å². The lowest BCUT2D eigenvalue weighted by Crippen LogP contribution is -2.28. The number of aromatic nitrogens is 1. The number of ether oxygens (including phenoxy) is 1. The molecule has 1 aromatic heterocycles. The molecular formula is C10H13ClN2O. The molecule has 0 amide bonds. The third-order valence-corrected chi connectivity index (χ3v) is 2.69. The first kappa shape index (κ1) is 9.90. The number of pyridine rings is 1. The van der Waals surface area contributed by atoms with Crippen molar-refractivity contribution < 1.29 is 4.74 Å². The SMILES string of the molecule is Clc1ncccc1CNC1CCOC1. The molecule has 2 heterocycles. The van der Waals surface area contributed by atoms with Crippen molar-refractivity contribution in [1.29, 1.82) is 0 Å². The topological polar surface area (TPSA) is 34.2 Å². The predicted molar refractivity (Wildman–Crippen MR) is 55.3 cm³/mol. The van der Waals surface area contributed by atoms with E-state index in [0.717, 1.165) is 31.7 Å². The van der Waals surface area contributed by atoms with Gasteiger partial charge in [0.2, 0.25) is 0 Å². The summed E-state index contributed by atoms with van der Waals surface area (Å²) in [5.74, 6) is 0. The number of halogens is 1. The Morgan fingerprint density at radius 2 is 2.57 bits per heavy atom. The fourth-order valence-electron chi connectivity index (χ4n) is 1.50. The number of hydrogen-bond acceptors (Lipinski definition) is 3.